The number of benzene rings is 1. The van der Waals surface area contributed by atoms with Gasteiger partial charge in [-0.25, -0.2) is 0 Å². The van der Waals surface area contributed by atoms with Crippen molar-refractivity contribution in [2.45, 2.75) is 19.1 Å². The molecule has 1 amide bonds. The Kier molecular flexibility index (Phi) is 4.96. The van der Waals surface area contributed by atoms with Crippen molar-refractivity contribution in [2.24, 2.45) is 5.16 Å². The van der Waals surface area contributed by atoms with E-state index in [9.17, 15) is 13.6 Å². The molecule has 0 spiro atoms. The summed E-state index contributed by atoms with van der Waals surface area (Å²) in [5.74, 6) is -0.619. The van der Waals surface area contributed by atoms with Crippen molar-refractivity contribution >= 4 is 40.2 Å². The number of rotatable bonds is 5. The predicted molar refractivity (Wildman–Crippen MR) is 87.1 cm³/mol. The molecule has 1 unspecified atom stereocenters. The molecule has 0 saturated carbocycles. The average Bonchev–Trinajstić information content (AvgIpc) is 3.17. The van der Waals surface area contributed by atoms with E-state index < -0.39 is 18.6 Å². The number of halogens is 3. The molecule has 2 aromatic rings. The number of nitrogens with zero attached hydrogens (tertiary/aromatic N) is 1. The number of nitrogens with one attached hydrogen (secondary N) is 1. The lowest BCUT2D eigenvalue weighted by atomic mass is 10.1. The van der Waals surface area contributed by atoms with Crippen LogP contribution in [0.25, 0.3) is 0 Å². The van der Waals surface area contributed by atoms with Crippen molar-refractivity contribution in [3.05, 3.63) is 45.6 Å². The number of ether oxygens (including phenoxy) is 1. The van der Waals surface area contributed by atoms with Crippen LogP contribution in [0, 0.1) is 0 Å². The fourth-order valence-electron chi connectivity index (χ4n) is 2.11. The molecule has 1 aliphatic heterocycles. The number of anilines is 1. The summed E-state index contributed by atoms with van der Waals surface area (Å²) in [5.41, 5.74) is 0.753. The zero-order valence-electron chi connectivity index (χ0n) is 12.0. The van der Waals surface area contributed by atoms with E-state index in [1.165, 1.54) is 29.5 Å². The summed E-state index contributed by atoms with van der Waals surface area (Å²) in [6, 6.07) is 9.45. The highest BCUT2D eigenvalue weighted by Gasteiger charge is 2.30. The molecule has 0 aliphatic carbocycles. The minimum atomic E-state index is -2.98. The maximum atomic E-state index is 12.4. The summed E-state index contributed by atoms with van der Waals surface area (Å²) < 4.78 is 29.8. The number of para-hydroxylation sites is 2. The van der Waals surface area contributed by atoms with Gasteiger partial charge in [0, 0.05) is 6.42 Å². The Morgan fingerprint density at radius 2 is 2.17 bits per heavy atom. The second-order valence-corrected chi connectivity index (χ2v) is 6.52. The minimum Gasteiger partial charge on any atom is -0.433 e. The molecule has 1 atom stereocenters. The van der Waals surface area contributed by atoms with E-state index in [2.05, 4.69) is 15.2 Å². The maximum Gasteiger partial charge on any atom is 0.387 e. The van der Waals surface area contributed by atoms with Crippen molar-refractivity contribution in [1.29, 1.82) is 0 Å². The molecule has 2 heterocycles. The Bertz CT molecular complexity index is 782. The van der Waals surface area contributed by atoms with Gasteiger partial charge in [-0.05, 0) is 24.3 Å². The zero-order chi connectivity index (χ0) is 17.1. The first-order valence-corrected chi connectivity index (χ1v) is 8.05. The van der Waals surface area contributed by atoms with E-state index in [0.717, 1.165) is 4.88 Å². The Morgan fingerprint density at radius 1 is 1.38 bits per heavy atom. The minimum absolute atomic E-state index is 0.120. The first kappa shape index (κ1) is 16.7. The summed E-state index contributed by atoms with van der Waals surface area (Å²) in [6.07, 6.45) is -0.582. The topological polar surface area (TPSA) is 59.9 Å². The summed E-state index contributed by atoms with van der Waals surface area (Å²) in [4.78, 5) is 18.2. The molecule has 24 heavy (non-hydrogen) atoms. The standard InChI is InChI=1S/C15H11ClF2N2O3S/c16-13-6-5-12(24-13)9-7-11(23-20-9)14(21)19-8-3-1-2-4-10(8)22-15(17)18/h1-6,11,15H,7H2,(H,19,21). The third-order valence-corrected chi connectivity index (χ3v) is 4.46. The van der Waals surface area contributed by atoms with Gasteiger partial charge in [0.25, 0.3) is 5.91 Å². The molecule has 5 nitrogen and oxygen atoms in total. The molecule has 1 aliphatic rings. The second kappa shape index (κ2) is 7.14. The average molecular weight is 373 g/mol. The number of alkyl halides is 2. The van der Waals surface area contributed by atoms with Crippen molar-refractivity contribution in [3.8, 4) is 5.75 Å². The van der Waals surface area contributed by atoms with E-state index in [1.54, 1.807) is 18.2 Å². The van der Waals surface area contributed by atoms with Crippen LogP contribution in [0.15, 0.2) is 41.6 Å². The molecular formula is C15H11ClF2N2O3S. The molecule has 1 N–H and O–H groups in total. The smallest absolute Gasteiger partial charge is 0.387 e. The molecule has 126 valence electrons. The molecule has 0 radical (unpaired) electrons. The second-order valence-electron chi connectivity index (χ2n) is 4.80. The molecular weight excluding hydrogens is 362 g/mol. The van der Waals surface area contributed by atoms with Crippen LogP contribution in [-0.4, -0.2) is 24.3 Å². The quantitative estimate of drug-likeness (QED) is 0.858. The van der Waals surface area contributed by atoms with Crippen LogP contribution < -0.4 is 10.1 Å². The van der Waals surface area contributed by atoms with E-state index in [4.69, 9.17) is 16.4 Å². The van der Waals surface area contributed by atoms with Crippen molar-refractivity contribution in [3.63, 3.8) is 0 Å². The van der Waals surface area contributed by atoms with Crippen LogP contribution in [0.2, 0.25) is 4.34 Å². The van der Waals surface area contributed by atoms with Crippen LogP contribution in [0.5, 0.6) is 5.75 Å². The van der Waals surface area contributed by atoms with Gasteiger partial charge >= 0.3 is 6.61 Å². The summed E-state index contributed by atoms with van der Waals surface area (Å²) in [6.45, 7) is -2.98. The summed E-state index contributed by atoms with van der Waals surface area (Å²) in [7, 11) is 0. The molecule has 0 saturated heterocycles. The van der Waals surface area contributed by atoms with Gasteiger partial charge in [-0.15, -0.1) is 11.3 Å². The molecule has 0 fully saturated rings. The largest absolute Gasteiger partial charge is 0.433 e. The van der Waals surface area contributed by atoms with Gasteiger partial charge in [0.1, 0.15) is 11.5 Å². The highest BCUT2D eigenvalue weighted by Crippen LogP contribution is 2.28. The van der Waals surface area contributed by atoms with Gasteiger partial charge in [0.15, 0.2) is 0 Å². The van der Waals surface area contributed by atoms with E-state index in [-0.39, 0.29) is 17.9 Å². The van der Waals surface area contributed by atoms with Gasteiger partial charge in [-0.3, -0.25) is 4.79 Å². The Balaban J connectivity index is 1.65. The van der Waals surface area contributed by atoms with Gasteiger partial charge < -0.3 is 14.9 Å². The van der Waals surface area contributed by atoms with Crippen LogP contribution >= 0.6 is 22.9 Å². The monoisotopic (exact) mass is 372 g/mol. The first-order valence-electron chi connectivity index (χ1n) is 6.86. The summed E-state index contributed by atoms with van der Waals surface area (Å²) in [5, 5.41) is 6.41. The van der Waals surface area contributed by atoms with Crippen LogP contribution in [-0.2, 0) is 9.63 Å². The van der Waals surface area contributed by atoms with E-state index in [0.29, 0.717) is 10.0 Å². The SMILES string of the molecule is O=C(Nc1ccccc1OC(F)F)C1CC(c2ccc(Cl)s2)=NO1. The number of hydrogen-bond donors (Lipinski definition) is 1. The van der Waals surface area contributed by atoms with Crippen molar-refractivity contribution < 1.29 is 23.1 Å². The number of amides is 1. The third kappa shape index (κ3) is 3.82. The number of carbonyl (C=O) groups excluding carboxylic acids is 1. The Labute approximate surface area is 144 Å². The van der Waals surface area contributed by atoms with Crippen LogP contribution in [0.1, 0.15) is 11.3 Å². The summed E-state index contributed by atoms with van der Waals surface area (Å²) >= 11 is 7.20. The Hall–Kier alpha value is -2.19. The number of carbonyl (C=O) groups is 1. The lowest BCUT2D eigenvalue weighted by Crippen LogP contribution is -2.28. The highest BCUT2D eigenvalue weighted by atomic mass is 35.5. The van der Waals surface area contributed by atoms with E-state index >= 15 is 0 Å². The molecule has 3 rings (SSSR count). The molecule has 1 aromatic carbocycles. The molecule has 1 aromatic heterocycles. The Morgan fingerprint density at radius 3 is 2.88 bits per heavy atom. The third-order valence-electron chi connectivity index (χ3n) is 3.18. The van der Waals surface area contributed by atoms with Crippen molar-refractivity contribution in [1.82, 2.24) is 0 Å². The predicted octanol–water partition coefficient (Wildman–Crippen LogP) is 4.13. The normalized spacial score (nSPS) is 16.7. The van der Waals surface area contributed by atoms with Gasteiger partial charge in [-0.2, -0.15) is 8.78 Å². The number of oxime groups is 1. The van der Waals surface area contributed by atoms with Crippen LogP contribution in [0.3, 0.4) is 0 Å². The molecule has 0 bridgehead atoms. The lowest BCUT2D eigenvalue weighted by molar-refractivity contribution is -0.125. The molecule has 9 heteroatoms. The van der Waals surface area contributed by atoms with E-state index in [1.807, 2.05) is 0 Å². The fraction of sp³-hybridized carbons (Fsp3) is 0.200. The lowest BCUT2D eigenvalue weighted by Gasteiger charge is -2.13. The van der Waals surface area contributed by atoms with Gasteiger partial charge in [0.05, 0.1) is 14.9 Å². The van der Waals surface area contributed by atoms with Gasteiger partial charge in [-0.1, -0.05) is 28.9 Å². The van der Waals surface area contributed by atoms with Crippen molar-refractivity contribution in [2.75, 3.05) is 5.32 Å². The maximum absolute atomic E-state index is 12.4. The fourth-order valence-corrected chi connectivity index (χ4v) is 3.15. The zero-order valence-corrected chi connectivity index (χ0v) is 13.6. The van der Waals surface area contributed by atoms with Crippen LogP contribution in [0.4, 0.5) is 14.5 Å². The van der Waals surface area contributed by atoms with Gasteiger partial charge in [0.2, 0.25) is 6.10 Å². The number of thiophene rings is 1. The number of hydrogen-bond acceptors (Lipinski definition) is 5. The first-order chi connectivity index (χ1) is 11.5. The highest BCUT2D eigenvalue weighted by molar-refractivity contribution is 7.18.